The van der Waals surface area contributed by atoms with E-state index in [-0.39, 0.29) is 0 Å². The Morgan fingerprint density at radius 3 is 2.12 bits per heavy atom. The summed E-state index contributed by atoms with van der Waals surface area (Å²) in [7, 11) is 0. The molecule has 3 rings (SSSR count). The first-order valence-electron chi connectivity index (χ1n) is 11.1. The van der Waals surface area contributed by atoms with Gasteiger partial charge in [-0.15, -0.1) is 0 Å². The molecule has 33 heavy (non-hydrogen) atoms. The van der Waals surface area contributed by atoms with E-state index in [1.165, 1.54) is 13.8 Å². The summed E-state index contributed by atoms with van der Waals surface area (Å²) >= 11 is 0. The second kappa shape index (κ2) is 10.1. The monoisotopic (exact) mass is 464 g/mol. The molecule has 180 valence electrons. The molecule has 0 aliphatic carbocycles. The molecule has 1 aliphatic heterocycles. The highest BCUT2D eigenvalue weighted by atomic mass is 19.4. The minimum atomic E-state index is -4.31. The smallest absolute Gasteiger partial charge is 0.416 e. The van der Waals surface area contributed by atoms with Crippen molar-refractivity contribution in [2.75, 3.05) is 19.6 Å². The Hall–Kier alpha value is -2.58. The number of rotatable bonds is 8. The third-order valence-electron chi connectivity index (χ3n) is 6.04. The SMILES string of the molecule is CCC1CN(Cc2ccc(C(F)(F)F)cc2)CCN1Cc1ccc(OC(C)(C)C(=O)O)cc1. The normalized spacial score (nSPS) is 18.3. The molecule has 2 aromatic rings. The Balaban J connectivity index is 1.56. The van der Waals surface area contributed by atoms with Gasteiger partial charge in [0.25, 0.3) is 0 Å². The molecule has 0 aromatic heterocycles. The van der Waals surface area contributed by atoms with Gasteiger partial charge in [0.1, 0.15) is 5.75 Å². The molecule has 5 nitrogen and oxygen atoms in total. The lowest BCUT2D eigenvalue weighted by Gasteiger charge is -2.41. The number of nitrogens with zero attached hydrogens (tertiary/aromatic N) is 2. The molecule has 0 amide bonds. The number of alkyl halides is 3. The Morgan fingerprint density at radius 2 is 1.58 bits per heavy atom. The average molecular weight is 465 g/mol. The van der Waals surface area contributed by atoms with Crippen LogP contribution in [0.15, 0.2) is 48.5 Å². The predicted molar refractivity (Wildman–Crippen MR) is 120 cm³/mol. The summed E-state index contributed by atoms with van der Waals surface area (Å²) in [5.74, 6) is -0.508. The van der Waals surface area contributed by atoms with Crippen molar-refractivity contribution in [1.82, 2.24) is 9.80 Å². The molecule has 2 aromatic carbocycles. The van der Waals surface area contributed by atoms with Crippen LogP contribution in [0.25, 0.3) is 0 Å². The van der Waals surface area contributed by atoms with Crippen molar-refractivity contribution in [2.45, 2.75) is 58.1 Å². The molecule has 0 bridgehead atoms. The number of hydrogen-bond donors (Lipinski definition) is 1. The van der Waals surface area contributed by atoms with Crippen LogP contribution in [-0.2, 0) is 24.1 Å². The molecule has 1 N–H and O–H groups in total. The van der Waals surface area contributed by atoms with E-state index >= 15 is 0 Å². The van der Waals surface area contributed by atoms with Crippen LogP contribution >= 0.6 is 0 Å². The molecule has 0 saturated carbocycles. The quantitative estimate of drug-likeness (QED) is 0.593. The molecular weight excluding hydrogens is 433 g/mol. The van der Waals surface area contributed by atoms with E-state index in [1.807, 2.05) is 12.1 Å². The molecule has 1 fully saturated rings. The van der Waals surface area contributed by atoms with Crippen molar-refractivity contribution in [2.24, 2.45) is 0 Å². The summed E-state index contributed by atoms with van der Waals surface area (Å²) in [6, 6.07) is 13.3. The number of carbonyl (C=O) groups is 1. The summed E-state index contributed by atoms with van der Waals surface area (Å²) in [6.07, 6.45) is -3.34. The highest BCUT2D eigenvalue weighted by Crippen LogP contribution is 2.29. The lowest BCUT2D eigenvalue weighted by Crippen LogP contribution is -2.52. The molecule has 0 radical (unpaired) electrons. The number of aliphatic carboxylic acids is 1. The Bertz CT molecular complexity index is 927. The third-order valence-corrected chi connectivity index (χ3v) is 6.04. The van der Waals surface area contributed by atoms with Crippen molar-refractivity contribution in [3.05, 3.63) is 65.2 Å². The Morgan fingerprint density at radius 1 is 1.00 bits per heavy atom. The van der Waals surface area contributed by atoms with Gasteiger partial charge < -0.3 is 9.84 Å². The second-order valence-corrected chi connectivity index (χ2v) is 9.02. The largest absolute Gasteiger partial charge is 0.478 e. The van der Waals surface area contributed by atoms with Crippen LogP contribution in [0.4, 0.5) is 13.2 Å². The van der Waals surface area contributed by atoms with Crippen molar-refractivity contribution in [1.29, 1.82) is 0 Å². The zero-order valence-corrected chi connectivity index (χ0v) is 19.2. The van der Waals surface area contributed by atoms with E-state index < -0.39 is 23.3 Å². The zero-order valence-electron chi connectivity index (χ0n) is 19.2. The van der Waals surface area contributed by atoms with Gasteiger partial charge in [0.15, 0.2) is 5.60 Å². The van der Waals surface area contributed by atoms with Gasteiger partial charge in [-0.05, 0) is 55.7 Å². The van der Waals surface area contributed by atoms with Gasteiger partial charge >= 0.3 is 12.1 Å². The van der Waals surface area contributed by atoms with E-state index in [0.29, 0.717) is 18.3 Å². The van der Waals surface area contributed by atoms with Crippen LogP contribution in [0, 0.1) is 0 Å². The number of benzene rings is 2. The molecular formula is C25H31F3N2O3. The van der Waals surface area contributed by atoms with Crippen molar-refractivity contribution >= 4 is 5.97 Å². The number of ether oxygens (including phenoxy) is 1. The summed E-state index contributed by atoms with van der Waals surface area (Å²) in [5.41, 5.74) is 0.0832. The fourth-order valence-corrected chi connectivity index (χ4v) is 3.99. The zero-order chi connectivity index (χ0) is 24.2. The molecule has 1 saturated heterocycles. The van der Waals surface area contributed by atoms with Gasteiger partial charge in [0.2, 0.25) is 0 Å². The highest BCUT2D eigenvalue weighted by Gasteiger charge is 2.31. The first-order chi connectivity index (χ1) is 15.5. The van der Waals surface area contributed by atoms with E-state index in [0.717, 1.165) is 55.9 Å². The predicted octanol–water partition coefficient (Wildman–Crippen LogP) is 5.04. The Kier molecular flexibility index (Phi) is 7.69. The first-order valence-corrected chi connectivity index (χ1v) is 11.1. The number of hydrogen-bond acceptors (Lipinski definition) is 4. The molecule has 1 unspecified atom stereocenters. The van der Waals surface area contributed by atoms with Crippen molar-refractivity contribution in [3.8, 4) is 5.75 Å². The maximum atomic E-state index is 12.8. The minimum absolute atomic E-state index is 0.343. The van der Waals surface area contributed by atoms with Gasteiger partial charge in [-0.2, -0.15) is 13.2 Å². The summed E-state index contributed by atoms with van der Waals surface area (Å²) < 4.78 is 43.9. The van der Waals surface area contributed by atoms with Crippen LogP contribution < -0.4 is 4.74 Å². The van der Waals surface area contributed by atoms with Crippen molar-refractivity contribution in [3.63, 3.8) is 0 Å². The van der Waals surface area contributed by atoms with Crippen LogP contribution in [0.2, 0.25) is 0 Å². The van der Waals surface area contributed by atoms with Crippen molar-refractivity contribution < 1.29 is 27.8 Å². The van der Waals surface area contributed by atoms with E-state index in [4.69, 9.17) is 4.74 Å². The lowest BCUT2D eigenvalue weighted by molar-refractivity contribution is -0.152. The average Bonchev–Trinajstić information content (AvgIpc) is 2.75. The lowest BCUT2D eigenvalue weighted by atomic mass is 10.1. The number of carboxylic acid groups (broad SMARTS) is 1. The van der Waals surface area contributed by atoms with E-state index in [1.54, 1.807) is 24.3 Å². The minimum Gasteiger partial charge on any atom is -0.478 e. The molecule has 0 spiro atoms. The molecule has 8 heteroatoms. The number of piperazine rings is 1. The maximum Gasteiger partial charge on any atom is 0.416 e. The standard InChI is InChI=1S/C25H31F3N2O3/c1-4-21-17-29(15-18-5-9-20(10-6-18)25(26,27)28)13-14-30(21)16-19-7-11-22(12-8-19)33-24(2,3)23(31)32/h5-12,21H,4,13-17H2,1-3H3,(H,31,32). The van der Waals surface area contributed by atoms with E-state index in [9.17, 15) is 23.1 Å². The molecule has 1 heterocycles. The molecule has 1 atom stereocenters. The molecule has 1 aliphatic rings. The maximum absolute atomic E-state index is 12.8. The topological polar surface area (TPSA) is 53.0 Å². The van der Waals surface area contributed by atoms with Crippen LogP contribution in [0.1, 0.15) is 43.9 Å². The summed E-state index contributed by atoms with van der Waals surface area (Å²) in [6.45, 7) is 9.13. The first kappa shape index (κ1) is 25.1. The fourth-order valence-electron chi connectivity index (χ4n) is 3.99. The van der Waals surface area contributed by atoms with E-state index in [2.05, 4.69) is 16.7 Å². The number of carboxylic acids is 1. The van der Waals surface area contributed by atoms with Gasteiger partial charge in [-0.1, -0.05) is 31.2 Å². The fraction of sp³-hybridized carbons (Fsp3) is 0.480. The van der Waals surface area contributed by atoms with Gasteiger partial charge in [-0.25, -0.2) is 4.79 Å². The van der Waals surface area contributed by atoms with Gasteiger partial charge in [0.05, 0.1) is 5.56 Å². The third kappa shape index (κ3) is 6.71. The Labute approximate surface area is 192 Å². The van der Waals surface area contributed by atoms with Crippen LogP contribution in [0.3, 0.4) is 0 Å². The van der Waals surface area contributed by atoms with Gasteiger partial charge in [0, 0.05) is 38.8 Å². The summed E-state index contributed by atoms with van der Waals surface area (Å²) in [5, 5.41) is 9.21. The van der Waals surface area contributed by atoms with Crippen LogP contribution in [0.5, 0.6) is 5.75 Å². The highest BCUT2D eigenvalue weighted by molar-refractivity contribution is 5.76. The number of halogens is 3. The van der Waals surface area contributed by atoms with Crippen LogP contribution in [-0.4, -0.2) is 52.2 Å². The second-order valence-electron chi connectivity index (χ2n) is 9.02. The summed E-state index contributed by atoms with van der Waals surface area (Å²) in [4.78, 5) is 15.9. The van der Waals surface area contributed by atoms with Gasteiger partial charge in [-0.3, -0.25) is 9.80 Å².